The summed E-state index contributed by atoms with van der Waals surface area (Å²) in [6.45, 7) is 4.64. The van der Waals surface area contributed by atoms with Gasteiger partial charge in [0.1, 0.15) is 23.8 Å². The van der Waals surface area contributed by atoms with E-state index in [1.807, 2.05) is 56.3 Å². The maximum absolute atomic E-state index is 13.8. The van der Waals surface area contributed by atoms with Crippen molar-refractivity contribution in [2.45, 2.75) is 33.4 Å². The molecule has 3 aromatic carbocycles. The number of esters is 1. The number of ether oxygens (including phenoxy) is 2. The van der Waals surface area contributed by atoms with Gasteiger partial charge in [0, 0.05) is 29.1 Å². The van der Waals surface area contributed by atoms with Crippen molar-refractivity contribution in [3.8, 4) is 16.9 Å². The van der Waals surface area contributed by atoms with E-state index in [-0.39, 0.29) is 13.0 Å². The summed E-state index contributed by atoms with van der Waals surface area (Å²) in [6.07, 6.45) is 1.65. The molecule has 33 heavy (non-hydrogen) atoms. The number of hydrogen-bond donors (Lipinski definition) is 1. The van der Waals surface area contributed by atoms with Gasteiger partial charge in [-0.25, -0.2) is 4.39 Å². The van der Waals surface area contributed by atoms with Crippen LogP contribution < -0.4 is 10.5 Å². The Labute approximate surface area is 192 Å². The Balaban J connectivity index is 0.00000149. The van der Waals surface area contributed by atoms with Crippen molar-refractivity contribution in [3.63, 3.8) is 0 Å². The standard InChI is InChI=1S/C25H22FNO4.C2H6/c1-29-24(28)12-19-5-6-21(26)13-23(19)31-15-17-10-20-7-8-30-25(20)22(11-17)18-4-2-3-16(9-18)14-27;1-2/h2-11,13H,12,14-15,27H2,1H3;1-2H3. The zero-order chi connectivity index (χ0) is 23.8. The van der Waals surface area contributed by atoms with Crippen molar-refractivity contribution >= 4 is 16.9 Å². The summed E-state index contributed by atoms with van der Waals surface area (Å²) in [6, 6.07) is 17.9. The molecule has 1 heterocycles. The smallest absolute Gasteiger partial charge is 0.310 e. The fraction of sp³-hybridized carbons (Fsp3) is 0.222. The van der Waals surface area contributed by atoms with Crippen LogP contribution >= 0.6 is 0 Å². The number of hydrogen-bond acceptors (Lipinski definition) is 5. The molecule has 0 bridgehead atoms. The van der Waals surface area contributed by atoms with Crippen molar-refractivity contribution in [2.75, 3.05) is 7.11 Å². The molecule has 0 aliphatic heterocycles. The number of nitrogens with two attached hydrogens (primary N) is 1. The molecule has 1 aromatic heterocycles. The van der Waals surface area contributed by atoms with Gasteiger partial charge in [-0.1, -0.05) is 38.1 Å². The molecule has 5 nitrogen and oxygen atoms in total. The predicted octanol–water partition coefficient (Wildman–Crippen LogP) is 6.02. The second-order valence-electron chi connectivity index (χ2n) is 7.18. The Hall–Kier alpha value is -3.64. The molecule has 0 fully saturated rings. The molecule has 0 unspecified atom stereocenters. The number of benzene rings is 3. The van der Waals surface area contributed by atoms with Crippen LogP contribution in [0.5, 0.6) is 5.75 Å². The molecule has 0 aliphatic rings. The molecule has 0 atom stereocenters. The van der Waals surface area contributed by atoms with E-state index in [0.29, 0.717) is 17.9 Å². The average molecular weight is 450 g/mol. The van der Waals surface area contributed by atoms with Crippen LogP contribution in [0.15, 0.2) is 71.3 Å². The van der Waals surface area contributed by atoms with Crippen LogP contribution in [0, 0.1) is 5.82 Å². The lowest BCUT2D eigenvalue weighted by molar-refractivity contribution is -0.139. The Morgan fingerprint density at radius 2 is 1.85 bits per heavy atom. The van der Waals surface area contributed by atoms with Gasteiger partial charge in [0.05, 0.1) is 19.8 Å². The normalized spacial score (nSPS) is 10.5. The highest BCUT2D eigenvalue weighted by atomic mass is 19.1. The molecular weight excluding hydrogens is 421 g/mol. The molecule has 0 amide bonds. The van der Waals surface area contributed by atoms with Gasteiger partial charge in [-0.3, -0.25) is 4.79 Å². The van der Waals surface area contributed by atoms with Crippen molar-refractivity contribution < 1.29 is 23.1 Å². The maximum atomic E-state index is 13.8. The van der Waals surface area contributed by atoms with E-state index in [9.17, 15) is 9.18 Å². The Morgan fingerprint density at radius 1 is 1.03 bits per heavy atom. The van der Waals surface area contributed by atoms with Gasteiger partial charge in [0.25, 0.3) is 0 Å². The van der Waals surface area contributed by atoms with Crippen LogP contribution in [-0.4, -0.2) is 13.1 Å². The number of methoxy groups -OCH3 is 1. The molecule has 2 N–H and O–H groups in total. The molecular formula is C27H28FNO4. The third kappa shape index (κ3) is 5.79. The third-order valence-corrected chi connectivity index (χ3v) is 5.07. The van der Waals surface area contributed by atoms with E-state index in [1.54, 1.807) is 6.26 Å². The molecule has 4 aromatic rings. The number of halogens is 1. The van der Waals surface area contributed by atoms with E-state index in [2.05, 4.69) is 0 Å². The van der Waals surface area contributed by atoms with E-state index in [4.69, 9.17) is 19.6 Å². The van der Waals surface area contributed by atoms with Gasteiger partial charge in [-0.2, -0.15) is 0 Å². The molecule has 172 valence electrons. The first kappa shape index (κ1) is 24.0. The summed E-state index contributed by atoms with van der Waals surface area (Å²) in [5.74, 6) is -0.545. The molecule has 0 aliphatic carbocycles. The second-order valence-corrected chi connectivity index (χ2v) is 7.18. The minimum Gasteiger partial charge on any atom is -0.488 e. The summed E-state index contributed by atoms with van der Waals surface area (Å²) in [5.41, 5.74) is 10.9. The topological polar surface area (TPSA) is 74.7 Å². The van der Waals surface area contributed by atoms with Crippen LogP contribution in [0.1, 0.15) is 30.5 Å². The van der Waals surface area contributed by atoms with Gasteiger partial charge in [-0.05, 0) is 47.0 Å². The van der Waals surface area contributed by atoms with Gasteiger partial charge < -0.3 is 19.6 Å². The summed E-state index contributed by atoms with van der Waals surface area (Å²) in [7, 11) is 1.31. The van der Waals surface area contributed by atoms with Crippen molar-refractivity contribution in [1.29, 1.82) is 0 Å². The van der Waals surface area contributed by atoms with Gasteiger partial charge in [0.15, 0.2) is 0 Å². The zero-order valence-electron chi connectivity index (χ0n) is 19.1. The van der Waals surface area contributed by atoms with Gasteiger partial charge >= 0.3 is 5.97 Å². The first-order valence-electron chi connectivity index (χ1n) is 10.8. The zero-order valence-corrected chi connectivity index (χ0v) is 19.1. The van der Waals surface area contributed by atoms with Crippen LogP contribution in [0.2, 0.25) is 0 Å². The van der Waals surface area contributed by atoms with Crippen LogP contribution in [0.3, 0.4) is 0 Å². The quantitative estimate of drug-likeness (QED) is 0.349. The van der Waals surface area contributed by atoms with E-state index in [0.717, 1.165) is 33.2 Å². The molecule has 4 rings (SSSR count). The number of fused-ring (bicyclic) bond motifs is 1. The third-order valence-electron chi connectivity index (χ3n) is 5.07. The number of carbonyl (C=O) groups is 1. The highest BCUT2D eigenvalue weighted by Gasteiger charge is 2.13. The molecule has 0 saturated carbocycles. The monoisotopic (exact) mass is 449 g/mol. The summed E-state index contributed by atoms with van der Waals surface area (Å²) >= 11 is 0. The fourth-order valence-corrected chi connectivity index (χ4v) is 3.51. The largest absolute Gasteiger partial charge is 0.488 e. The van der Waals surface area contributed by atoms with Crippen molar-refractivity contribution in [3.05, 3.63) is 89.4 Å². The van der Waals surface area contributed by atoms with E-state index in [1.165, 1.54) is 25.3 Å². The first-order valence-corrected chi connectivity index (χ1v) is 10.8. The van der Waals surface area contributed by atoms with Crippen LogP contribution in [0.25, 0.3) is 22.1 Å². The summed E-state index contributed by atoms with van der Waals surface area (Å²) < 4.78 is 30.1. The van der Waals surface area contributed by atoms with Gasteiger partial charge in [0.2, 0.25) is 0 Å². The number of furan rings is 1. The van der Waals surface area contributed by atoms with Crippen LogP contribution in [-0.2, 0) is 29.1 Å². The lowest BCUT2D eigenvalue weighted by Gasteiger charge is -2.13. The van der Waals surface area contributed by atoms with Gasteiger partial charge in [-0.15, -0.1) is 0 Å². The molecule has 0 radical (unpaired) electrons. The first-order chi connectivity index (χ1) is 16.1. The lowest BCUT2D eigenvalue weighted by atomic mass is 9.99. The summed E-state index contributed by atoms with van der Waals surface area (Å²) in [4.78, 5) is 11.7. The maximum Gasteiger partial charge on any atom is 0.310 e. The SMILES string of the molecule is CC.COC(=O)Cc1ccc(F)cc1OCc1cc(-c2cccc(CN)c2)c2occc2c1. The Morgan fingerprint density at radius 3 is 2.61 bits per heavy atom. The minimum absolute atomic E-state index is 0.00398. The van der Waals surface area contributed by atoms with Crippen molar-refractivity contribution in [2.24, 2.45) is 5.73 Å². The van der Waals surface area contributed by atoms with Crippen LogP contribution in [0.4, 0.5) is 4.39 Å². The highest BCUT2D eigenvalue weighted by Crippen LogP contribution is 2.32. The predicted molar refractivity (Wildman–Crippen MR) is 127 cm³/mol. The Kier molecular flexibility index (Phi) is 8.22. The average Bonchev–Trinajstić information content (AvgIpc) is 3.33. The molecule has 6 heteroatoms. The highest BCUT2D eigenvalue weighted by molar-refractivity contribution is 5.93. The lowest BCUT2D eigenvalue weighted by Crippen LogP contribution is -2.07. The van der Waals surface area contributed by atoms with E-state index >= 15 is 0 Å². The Bertz CT molecular complexity index is 1230. The molecule has 0 spiro atoms. The molecule has 0 saturated heterocycles. The number of rotatable bonds is 7. The second kappa shape index (κ2) is 11.3. The van der Waals surface area contributed by atoms with E-state index < -0.39 is 11.8 Å². The fourth-order valence-electron chi connectivity index (χ4n) is 3.51. The number of carbonyl (C=O) groups excluding carboxylic acids is 1. The minimum atomic E-state index is -0.437. The van der Waals surface area contributed by atoms with Crippen molar-refractivity contribution in [1.82, 2.24) is 0 Å². The summed E-state index contributed by atoms with van der Waals surface area (Å²) in [5, 5.41) is 0.934.